The van der Waals surface area contributed by atoms with E-state index >= 15 is 0 Å². The SMILES string of the molecule is O=C(NCCc1c[nH]c2ccccc12)OCc1cn(Cc2cc(F)cc(F)c2)nn1. The number of aromatic amines is 1. The fraction of sp³-hybridized carbons (Fsp3) is 0.190. The number of halogens is 2. The number of alkyl carbamates (subject to hydrolysis) is 1. The molecule has 2 heterocycles. The summed E-state index contributed by atoms with van der Waals surface area (Å²) in [5.41, 5.74) is 3.01. The van der Waals surface area contributed by atoms with Crippen LogP contribution in [0.4, 0.5) is 13.6 Å². The highest BCUT2D eigenvalue weighted by atomic mass is 19.1. The number of amides is 1. The monoisotopic (exact) mass is 411 g/mol. The topological polar surface area (TPSA) is 84.8 Å². The smallest absolute Gasteiger partial charge is 0.407 e. The van der Waals surface area contributed by atoms with Crippen LogP contribution >= 0.6 is 0 Å². The zero-order valence-corrected chi connectivity index (χ0v) is 15.9. The third-order valence-corrected chi connectivity index (χ3v) is 4.54. The Kier molecular flexibility index (Phi) is 5.69. The molecule has 0 radical (unpaired) electrons. The van der Waals surface area contributed by atoms with Gasteiger partial charge >= 0.3 is 6.09 Å². The molecule has 0 aliphatic carbocycles. The van der Waals surface area contributed by atoms with Gasteiger partial charge in [-0.3, -0.25) is 0 Å². The molecule has 0 saturated heterocycles. The van der Waals surface area contributed by atoms with Crippen LogP contribution in [0.5, 0.6) is 0 Å². The number of carbonyl (C=O) groups is 1. The van der Waals surface area contributed by atoms with Crippen molar-refractivity contribution in [1.29, 1.82) is 0 Å². The minimum atomic E-state index is -0.655. The molecule has 2 aromatic carbocycles. The number of hydrogen-bond acceptors (Lipinski definition) is 4. The summed E-state index contributed by atoms with van der Waals surface area (Å²) in [6.45, 7) is 0.521. The molecule has 9 heteroatoms. The molecule has 7 nitrogen and oxygen atoms in total. The molecular weight excluding hydrogens is 392 g/mol. The number of rotatable bonds is 7. The lowest BCUT2D eigenvalue weighted by Gasteiger charge is -2.05. The number of nitrogens with zero attached hydrogens (tertiary/aromatic N) is 3. The van der Waals surface area contributed by atoms with Crippen LogP contribution in [0, 0.1) is 11.6 Å². The van der Waals surface area contributed by atoms with E-state index in [9.17, 15) is 13.6 Å². The lowest BCUT2D eigenvalue weighted by atomic mass is 10.1. The van der Waals surface area contributed by atoms with E-state index in [-0.39, 0.29) is 13.2 Å². The largest absolute Gasteiger partial charge is 0.443 e. The Labute approximate surface area is 170 Å². The highest BCUT2D eigenvalue weighted by Gasteiger charge is 2.08. The van der Waals surface area contributed by atoms with Crippen molar-refractivity contribution in [3.63, 3.8) is 0 Å². The maximum atomic E-state index is 13.3. The van der Waals surface area contributed by atoms with Crippen molar-refractivity contribution < 1.29 is 18.3 Å². The van der Waals surface area contributed by atoms with E-state index in [1.807, 2.05) is 30.5 Å². The molecule has 0 spiro atoms. The maximum absolute atomic E-state index is 13.3. The Morgan fingerprint density at radius 1 is 1.17 bits per heavy atom. The van der Waals surface area contributed by atoms with Gasteiger partial charge in [0.05, 0.1) is 12.7 Å². The molecule has 1 amide bonds. The molecule has 0 unspecified atom stereocenters. The number of ether oxygens (including phenoxy) is 1. The van der Waals surface area contributed by atoms with E-state index < -0.39 is 17.7 Å². The first-order chi connectivity index (χ1) is 14.6. The number of aromatic nitrogens is 4. The van der Waals surface area contributed by atoms with E-state index in [2.05, 4.69) is 20.6 Å². The number of benzene rings is 2. The van der Waals surface area contributed by atoms with E-state index in [1.165, 1.54) is 16.8 Å². The van der Waals surface area contributed by atoms with Crippen LogP contribution in [0.1, 0.15) is 16.8 Å². The van der Waals surface area contributed by atoms with Crippen molar-refractivity contribution in [3.8, 4) is 0 Å². The van der Waals surface area contributed by atoms with Crippen molar-refractivity contribution in [2.24, 2.45) is 0 Å². The summed E-state index contributed by atoms with van der Waals surface area (Å²) in [7, 11) is 0. The van der Waals surface area contributed by atoms with Crippen molar-refractivity contribution in [3.05, 3.63) is 83.3 Å². The van der Waals surface area contributed by atoms with Crippen LogP contribution in [0.2, 0.25) is 0 Å². The number of H-pyrrole nitrogens is 1. The maximum Gasteiger partial charge on any atom is 0.407 e. The summed E-state index contributed by atoms with van der Waals surface area (Å²) in [4.78, 5) is 15.1. The average molecular weight is 411 g/mol. The molecule has 2 N–H and O–H groups in total. The molecule has 30 heavy (non-hydrogen) atoms. The molecule has 0 atom stereocenters. The van der Waals surface area contributed by atoms with Crippen LogP contribution in [-0.4, -0.2) is 32.6 Å². The predicted molar refractivity (Wildman–Crippen MR) is 106 cm³/mol. The first-order valence-corrected chi connectivity index (χ1v) is 9.36. The van der Waals surface area contributed by atoms with Gasteiger partial charge in [-0.25, -0.2) is 18.3 Å². The zero-order valence-electron chi connectivity index (χ0n) is 15.9. The van der Waals surface area contributed by atoms with Gasteiger partial charge in [0.1, 0.15) is 23.9 Å². The van der Waals surface area contributed by atoms with Gasteiger partial charge in [0.25, 0.3) is 0 Å². The number of carbonyl (C=O) groups excluding carboxylic acids is 1. The Morgan fingerprint density at radius 3 is 2.80 bits per heavy atom. The summed E-state index contributed by atoms with van der Waals surface area (Å²) in [5, 5.41) is 11.6. The number of para-hydroxylation sites is 1. The van der Waals surface area contributed by atoms with Gasteiger partial charge in [-0.05, 0) is 35.7 Å². The van der Waals surface area contributed by atoms with Crippen LogP contribution in [0.3, 0.4) is 0 Å². The quantitative estimate of drug-likeness (QED) is 0.487. The molecule has 154 valence electrons. The molecule has 0 fully saturated rings. The molecule has 2 aromatic heterocycles. The summed E-state index contributed by atoms with van der Waals surface area (Å²) in [6, 6.07) is 11.2. The Balaban J connectivity index is 1.23. The van der Waals surface area contributed by atoms with E-state index in [0.717, 1.165) is 22.5 Å². The minimum absolute atomic E-state index is 0.0591. The van der Waals surface area contributed by atoms with Crippen molar-refractivity contribution in [2.75, 3.05) is 6.54 Å². The molecule has 0 aliphatic heterocycles. The third-order valence-electron chi connectivity index (χ3n) is 4.54. The second-order valence-corrected chi connectivity index (χ2v) is 6.80. The summed E-state index contributed by atoms with van der Waals surface area (Å²) in [6.07, 6.45) is 3.60. The van der Waals surface area contributed by atoms with Gasteiger partial charge in [0.15, 0.2) is 0 Å². The molecular formula is C21H19F2N5O2. The van der Waals surface area contributed by atoms with Crippen LogP contribution in [0.15, 0.2) is 54.9 Å². The van der Waals surface area contributed by atoms with Gasteiger partial charge in [-0.2, -0.15) is 0 Å². The molecule has 4 rings (SSSR count). The number of hydrogen-bond donors (Lipinski definition) is 2. The predicted octanol–water partition coefficient (Wildman–Crippen LogP) is 3.55. The van der Waals surface area contributed by atoms with Crippen molar-refractivity contribution in [1.82, 2.24) is 25.3 Å². The molecule has 0 saturated carbocycles. The van der Waals surface area contributed by atoms with Crippen LogP contribution in [-0.2, 0) is 24.3 Å². The second kappa shape index (κ2) is 8.73. The highest BCUT2D eigenvalue weighted by molar-refractivity contribution is 5.83. The third kappa shape index (κ3) is 4.80. The number of nitrogens with one attached hydrogen (secondary N) is 2. The van der Waals surface area contributed by atoms with Crippen molar-refractivity contribution in [2.45, 2.75) is 19.6 Å². The Morgan fingerprint density at radius 2 is 1.97 bits per heavy atom. The molecule has 0 aliphatic rings. The van der Waals surface area contributed by atoms with Gasteiger partial charge in [0.2, 0.25) is 0 Å². The number of fused-ring (bicyclic) bond motifs is 1. The molecule has 0 bridgehead atoms. The Hall–Kier alpha value is -3.75. The van der Waals surface area contributed by atoms with E-state index in [1.54, 1.807) is 6.20 Å². The normalized spacial score (nSPS) is 11.0. The molecule has 4 aromatic rings. The second-order valence-electron chi connectivity index (χ2n) is 6.80. The lowest BCUT2D eigenvalue weighted by molar-refractivity contribution is 0.138. The first-order valence-electron chi connectivity index (χ1n) is 9.36. The van der Waals surface area contributed by atoms with Gasteiger partial charge in [0, 0.05) is 29.7 Å². The fourth-order valence-electron chi connectivity index (χ4n) is 3.20. The zero-order chi connectivity index (χ0) is 20.9. The Bertz CT molecular complexity index is 1150. The summed E-state index contributed by atoms with van der Waals surface area (Å²) >= 11 is 0. The fourth-order valence-corrected chi connectivity index (χ4v) is 3.20. The van der Waals surface area contributed by atoms with Gasteiger partial charge in [-0.15, -0.1) is 5.10 Å². The average Bonchev–Trinajstić information content (AvgIpc) is 3.33. The van der Waals surface area contributed by atoms with Crippen LogP contribution in [0.25, 0.3) is 10.9 Å². The lowest BCUT2D eigenvalue weighted by Crippen LogP contribution is -2.26. The van der Waals surface area contributed by atoms with Gasteiger partial charge < -0.3 is 15.0 Å². The van der Waals surface area contributed by atoms with E-state index in [4.69, 9.17) is 4.74 Å². The van der Waals surface area contributed by atoms with Crippen LogP contribution < -0.4 is 5.32 Å². The summed E-state index contributed by atoms with van der Waals surface area (Å²) in [5.74, 6) is -1.31. The minimum Gasteiger partial charge on any atom is -0.443 e. The standard InChI is InChI=1S/C21H19F2N5O2/c22-16-7-14(8-17(23)9-16)11-28-12-18(26-27-28)13-30-21(29)24-6-5-15-10-25-20-4-2-1-3-19(15)20/h1-4,7-10,12,25H,5-6,11,13H2,(H,24,29). The summed E-state index contributed by atoms with van der Waals surface area (Å²) < 4.78 is 33.1. The van der Waals surface area contributed by atoms with Crippen molar-refractivity contribution >= 4 is 17.0 Å². The van der Waals surface area contributed by atoms with E-state index in [0.29, 0.717) is 24.2 Å². The van der Waals surface area contributed by atoms with Gasteiger partial charge in [-0.1, -0.05) is 23.4 Å². The first kappa shape index (κ1) is 19.6. The highest BCUT2D eigenvalue weighted by Crippen LogP contribution is 2.17.